The van der Waals surface area contributed by atoms with E-state index < -0.39 is 0 Å². The van der Waals surface area contributed by atoms with E-state index in [1.807, 2.05) is 0 Å². The van der Waals surface area contributed by atoms with Gasteiger partial charge in [-0.1, -0.05) is 12.8 Å². The summed E-state index contributed by atoms with van der Waals surface area (Å²) in [5, 5.41) is 13.3. The van der Waals surface area contributed by atoms with Gasteiger partial charge >= 0.3 is 0 Å². The van der Waals surface area contributed by atoms with Crippen LogP contribution in [0.4, 0.5) is 0 Å². The molecular formula is C12H22N2O2. The first kappa shape index (κ1) is 11.0. The van der Waals surface area contributed by atoms with E-state index in [1.54, 1.807) is 0 Å². The average Bonchev–Trinajstić information content (AvgIpc) is 2.75. The predicted octanol–water partition coefficient (Wildman–Crippen LogP) is -0.0375. The van der Waals surface area contributed by atoms with Gasteiger partial charge in [-0.3, -0.25) is 4.90 Å². The van der Waals surface area contributed by atoms with Crippen LogP contribution in [0.25, 0.3) is 0 Å². The molecule has 3 fully saturated rings. The van der Waals surface area contributed by atoms with Gasteiger partial charge in [-0.05, 0) is 12.8 Å². The summed E-state index contributed by atoms with van der Waals surface area (Å²) in [5.41, 5.74) is 0. The molecule has 0 radical (unpaired) electrons. The molecule has 0 aromatic heterocycles. The Balaban J connectivity index is 1.72. The molecule has 0 aromatic rings. The molecule has 2 heterocycles. The third kappa shape index (κ3) is 1.88. The van der Waals surface area contributed by atoms with Crippen molar-refractivity contribution in [3.8, 4) is 0 Å². The molecule has 4 atom stereocenters. The van der Waals surface area contributed by atoms with Gasteiger partial charge in [0.15, 0.2) is 0 Å². The molecule has 1 saturated carbocycles. The SMILES string of the molecule is OC1CNCC1N1CCOC2CCCCC21. The van der Waals surface area contributed by atoms with Crippen LogP contribution >= 0.6 is 0 Å². The first-order valence-corrected chi connectivity index (χ1v) is 6.62. The van der Waals surface area contributed by atoms with Gasteiger partial charge in [-0.25, -0.2) is 0 Å². The second kappa shape index (κ2) is 4.61. The molecule has 0 bridgehead atoms. The minimum Gasteiger partial charge on any atom is -0.390 e. The van der Waals surface area contributed by atoms with Crippen LogP contribution in [0.15, 0.2) is 0 Å². The molecule has 0 spiro atoms. The molecule has 3 aliphatic rings. The number of morpholine rings is 1. The molecule has 3 rings (SSSR count). The zero-order chi connectivity index (χ0) is 11.0. The minimum atomic E-state index is -0.194. The van der Waals surface area contributed by atoms with Crippen molar-refractivity contribution in [1.82, 2.24) is 10.2 Å². The molecule has 92 valence electrons. The van der Waals surface area contributed by atoms with Crippen molar-refractivity contribution in [3.63, 3.8) is 0 Å². The zero-order valence-electron chi connectivity index (χ0n) is 9.77. The van der Waals surface area contributed by atoms with Gasteiger partial charge in [0.25, 0.3) is 0 Å². The van der Waals surface area contributed by atoms with E-state index in [0.29, 0.717) is 18.2 Å². The number of hydrogen-bond acceptors (Lipinski definition) is 4. The number of β-amino-alcohol motifs (C(OH)–C–C–N with tert-alkyl or cyclic N) is 1. The van der Waals surface area contributed by atoms with Crippen molar-refractivity contribution in [1.29, 1.82) is 0 Å². The average molecular weight is 226 g/mol. The molecule has 0 amide bonds. The molecular weight excluding hydrogens is 204 g/mol. The number of rotatable bonds is 1. The second-order valence-corrected chi connectivity index (χ2v) is 5.29. The van der Waals surface area contributed by atoms with Crippen LogP contribution in [-0.4, -0.2) is 60.5 Å². The third-order valence-electron chi connectivity index (χ3n) is 4.35. The molecule has 2 N–H and O–H groups in total. The van der Waals surface area contributed by atoms with Crippen molar-refractivity contribution >= 4 is 0 Å². The van der Waals surface area contributed by atoms with E-state index in [4.69, 9.17) is 4.74 Å². The van der Waals surface area contributed by atoms with Gasteiger partial charge < -0.3 is 15.2 Å². The first-order chi connectivity index (χ1) is 7.86. The van der Waals surface area contributed by atoms with E-state index in [2.05, 4.69) is 10.2 Å². The number of hydrogen-bond donors (Lipinski definition) is 2. The number of ether oxygens (including phenoxy) is 1. The Morgan fingerprint density at radius 3 is 2.81 bits per heavy atom. The van der Waals surface area contributed by atoms with Crippen LogP contribution in [0.3, 0.4) is 0 Å². The number of fused-ring (bicyclic) bond motifs is 1. The molecule has 0 aromatic carbocycles. The van der Waals surface area contributed by atoms with Crippen molar-refractivity contribution in [2.75, 3.05) is 26.2 Å². The van der Waals surface area contributed by atoms with E-state index in [9.17, 15) is 5.11 Å². The maximum absolute atomic E-state index is 9.99. The highest BCUT2D eigenvalue weighted by atomic mass is 16.5. The lowest BCUT2D eigenvalue weighted by molar-refractivity contribution is -0.111. The molecule has 2 aliphatic heterocycles. The number of nitrogens with one attached hydrogen (secondary N) is 1. The molecule has 4 heteroatoms. The maximum Gasteiger partial charge on any atom is 0.0832 e. The van der Waals surface area contributed by atoms with Crippen molar-refractivity contribution in [3.05, 3.63) is 0 Å². The Labute approximate surface area is 97.0 Å². The van der Waals surface area contributed by atoms with Gasteiger partial charge in [0, 0.05) is 31.7 Å². The first-order valence-electron chi connectivity index (χ1n) is 6.62. The summed E-state index contributed by atoms with van der Waals surface area (Å²) in [5.74, 6) is 0. The predicted molar refractivity (Wildman–Crippen MR) is 61.4 cm³/mol. The second-order valence-electron chi connectivity index (χ2n) is 5.29. The Kier molecular flexibility index (Phi) is 3.16. The standard InChI is InChI=1S/C12H22N2O2/c15-11-8-13-7-10(11)14-5-6-16-12-4-2-1-3-9(12)14/h9-13,15H,1-8H2. The normalized spacial score (nSPS) is 45.6. The van der Waals surface area contributed by atoms with Crippen molar-refractivity contribution < 1.29 is 9.84 Å². The van der Waals surface area contributed by atoms with Crippen LogP contribution in [0.2, 0.25) is 0 Å². The summed E-state index contributed by atoms with van der Waals surface area (Å²) >= 11 is 0. The molecule has 4 nitrogen and oxygen atoms in total. The Morgan fingerprint density at radius 1 is 1.12 bits per heavy atom. The summed E-state index contributed by atoms with van der Waals surface area (Å²) in [7, 11) is 0. The van der Waals surface area contributed by atoms with Crippen LogP contribution < -0.4 is 5.32 Å². The van der Waals surface area contributed by atoms with E-state index in [1.165, 1.54) is 25.7 Å². The minimum absolute atomic E-state index is 0.194. The molecule has 16 heavy (non-hydrogen) atoms. The van der Waals surface area contributed by atoms with E-state index in [-0.39, 0.29) is 6.10 Å². The zero-order valence-corrected chi connectivity index (χ0v) is 9.77. The van der Waals surface area contributed by atoms with Gasteiger partial charge in [-0.15, -0.1) is 0 Å². The summed E-state index contributed by atoms with van der Waals surface area (Å²) in [6, 6.07) is 0.872. The quantitative estimate of drug-likeness (QED) is 0.659. The Bertz CT molecular complexity index is 247. The van der Waals surface area contributed by atoms with Crippen LogP contribution in [0.5, 0.6) is 0 Å². The fraction of sp³-hybridized carbons (Fsp3) is 1.00. The van der Waals surface area contributed by atoms with E-state index in [0.717, 1.165) is 26.2 Å². The lowest BCUT2D eigenvalue weighted by Gasteiger charge is -2.47. The largest absolute Gasteiger partial charge is 0.390 e. The smallest absolute Gasteiger partial charge is 0.0832 e. The number of nitrogens with zero attached hydrogens (tertiary/aromatic N) is 1. The summed E-state index contributed by atoms with van der Waals surface area (Å²) in [6.07, 6.45) is 5.30. The third-order valence-corrected chi connectivity index (χ3v) is 4.35. The molecule has 4 unspecified atom stereocenters. The van der Waals surface area contributed by atoms with Gasteiger partial charge in [0.2, 0.25) is 0 Å². The molecule has 2 saturated heterocycles. The van der Waals surface area contributed by atoms with Crippen molar-refractivity contribution in [2.24, 2.45) is 0 Å². The van der Waals surface area contributed by atoms with Crippen LogP contribution in [0.1, 0.15) is 25.7 Å². The Hall–Kier alpha value is -0.160. The highest BCUT2D eigenvalue weighted by Gasteiger charge is 2.41. The highest BCUT2D eigenvalue weighted by Crippen LogP contribution is 2.30. The molecule has 1 aliphatic carbocycles. The summed E-state index contributed by atoms with van der Waals surface area (Å²) in [6.45, 7) is 3.51. The fourth-order valence-corrected chi connectivity index (χ4v) is 3.53. The fourth-order valence-electron chi connectivity index (χ4n) is 3.53. The maximum atomic E-state index is 9.99. The van der Waals surface area contributed by atoms with Gasteiger partial charge in [0.1, 0.15) is 0 Å². The topological polar surface area (TPSA) is 44.7 Å². The van der Waals surface area contributed by atoms with Gasteiger partial charge in [0.05, 0.1) is 18.8 Å². The van der Waals surface area contributed by atoms with Crippen LogP contribution in [0, 0.1) is 0 Å². The summed E-state index contributed by atoms with van der Waals surface area (Å²) in [4.78, 5) is 2.51. The van der Waals surface area contributed by atoms with Crippen LogP contribution in [-0.2, 0) is 4.74 Å². The highest BCUT2D eigenvalue weighted by molar-refractivity contribution is 4.96. The van der Waals surface area contributed by atoms with Gasteiger partial charge in [-0.2, -0.15) is 0 Å². The Morgan fingerprint density at radius 2 is 2.00 bits per heavy atom. The number of aliphatic hydroxyl groups is 1. The van der Waals surface area contributed by atoms with E-state index >= 15 is 0 Å². The lowest BCUT2D eigenvalue weighted by Crippen LogP contribution is -2.59. The van der Waals surface area contributed by atoms with Crippen molar-refractivity contribution in [2.45, 2.75) is 50.0 Å². The number of aliphatic hydroxyl groups excluding tert-OH is 1. The lowest BCUT2D eigenvalue weighted by atomic mass is 9.89. The monoisotopic (exact) mass is 226 g/mol. The summed E-state index contributed by atoms with van der Waals surface area (Å²) < 4.78 is 5.86.